The number of piperidine rings is 1. The van der Waals surface area contributed by atoms with Crippen LogP contribution < -0.4 is 5.32 Å². The maximum atomic E-state index is 11.9. The van der Waals surface area contributed by atoms with Gasteiger partial charge in [0, 0.05) is 32.5 Å². The zero-order chi connectivity index (χ0) is 12.3. The molecule has 1 unspecified atom stereocenters. The average Bonchev–Trinajstić information content (AvgIpc) is 2.82. The Labute approximate surface area is 105 Å². The fourth-order valence-electron chi connectivity index (χ4n) is 1.89. The van der Waals surface area contributed by atoms with Crippen molar-refractivity contribution in [2.24, 2.45) is 5.92 Å². The maximum Gasteiger partial charge on any atom is 0.223 e. The van der Waals surface area contributed by atoms with Crippen LogP contribution >= 0.6 is 11.3 Å². The fraction of sp³-hybridized carbons (Fsp3) is 0.500. The largest absolute Gasteiger partial charge is 0.352 e. The molecule has 2 amide bonds. The van der Waals surface area contributed by atoms with Crippen LogP contribution in [0, 0.1) is 5.92 Å². The number of carbonyl (C=O) groups excluding carboxylic acids is 2. The average molecular weight is 252 g/mol. The number of carbonyl (C=O) groups is 2. The third-order valence-corrected chi connectivity index (χ3v) is 3.81. The molecule has 2 heterocycles. The van der Waals surface area contributed by atoms with Crippen LogP contribution in [0.2, 0.25) is 0 Å². The highest BCUT2D eigenvalue weighted by Gasteiger charge is 2.28. The normalized spacial score (nSPS) is 20.4. The van der Waals surface area contributed by atoms with Crippen LogP contribution in [0.4, 0.5) is 0 Å². The quantitative estimate of drug-likeness (QED) is 0.879. The van der Waals surface area contributed by atoms with Crippen molar-refractivity contribution >= 4 is 23.2 Å². The van der Waals surface area contributed by atoms with Crippen molar-refractivity contribution in [2.45, 2.75) is 19.4 Å². The van der Waals surface area contributed by atoms with Gasteiger partial charge in [-0.05, 0) is 28.8 Å². The first-order chi connectivity index (χ1) is 8.16. The lowest BCUT2D eigenvalue weighted by atomic mass is 9.95. The molecule has 1 saturated heterocycles. The van der Waals surface area contributed by atoms with Crippen molar-refractivity contribution in [3.05, 3.63) is 22.4 Å². The number of hydrogen-bond donors (Lipinski definition) is 1. The first kappa shape index (κ1) is 12.1. The Morgan fingerprint density at radius 1 is 1.65 bits per heavy atom. The molecule has 1 aromatic heterocycles. The van der Waals surface area contributed by atoms with Gasteiger partial charge in [-0.15, -0.1) is 0 Å². The number of nitrogens with zero attached hydrogens (tertiary/aromatic N) is 1. The van der Waals surface area contributed by atoms with Gasteiger partial charge >= 0.3 is 0 Å². The summed E-state index contributed by atoms with van der Waals surface area (Å²) in [6.07, 6.45) is 1.10. The van der Waals surface area contributed by atoms with Gasteiger partial charge in [0.05, 0.1) is 0 Å². The molecule has 1 N–H and O–H groups in total. The molecule has 4 nitrogen and oxygen atoms in total. The topological polar surface area (TPSA) is 49.4 Å². The number of nitrogens with one attached hydrogen (secondary N) is 1. The molecule has 1 aromatic rings. The SMILES string of the molecule is CN1CCC(C(=O)NCc2ccsc2)CC1=O. The first-order valence-corrected chi connectivity index (χ1v) is 6.64. The summed E-state index contributed by atoms with van der Waals surface area (Å²) in [6, 6.07) is 1.99. The van der Waals surface area contributed by atoms with Gasteiger partial charge in [-0.2, -0.15) is 11.3 Å². The summed E-state index contributed by atoms with van der Waals surface area (Å²) >= 11 is 1.62. The van der Waals surface area contributed by atoms with E-state index in [9.17, 15) is 9.59 Å². The van der Waals surface area contributed by atoms with E-state index in [0.717, 1.165) is 12.0 Å². The highest BCUT2D eigenvalue weighted by Crippen LogP contribution is 2.17. The summed E-state index contributed by atoms with van der Waals surface area (Å²) in [6.45, 7) is 1.23. The third kappa shape index (κ3) is 3.06. The Morgan fingerprint density at radius 2 is 2.47 bits per heavy atom. The summed E-state index contributed by atoms with van der Waals surface area (Å²) in [5.41, 5.74) is 1.11. The number of likely N-dealkylation sites (tertiary alicyclic amines) is 1. The Morgan fingerprint density at radius 3 is 3.12 bits per heavy atom. The molecule has 0 radical (unpaired) electrons. The van der Waals surface area contributed by atoms with Crippen molar-refractivity contribution < 1.29 is 9.59 Å². The molecule has 5 heteroatoms. The van der Waals surface area contributed by atoms with Crippen LogP contribution in [0.5, 0.6) is 0 Å². The second kappa shape index (κ2) is 5.31. The molecule has 2 rings (SSSR count). The molecule has 0 spiro atoms. The van der Waals surface area contributed by atoms with Crippen LogP contribution in [0.1, 0.15) is 18.4 Å². The van der Waals surface area contributed by atoms with E-state index in [1.165, 1.54) is 0 Å². The third-order valence-electron chi connectivity index (χ3n) is 3.08. The Bertz CT molecular complexity index is 403. The van der Waals surface area contributed by atoms with Crippen molar-refractivity contribution in [1.29, 1.82) is 0 Å². The predicted molar refractivity (Wildman–Crippen MR) is 66.5 cm³/mol. The molecule has 1 aliphatic rings. The van der Waals surface area contributed by atoms with Crippen LogP contribution in [-0.4, -0.2) is 30.3 Å². The summed E-state index contributed by atoms with van der Waals surface area (Å²) < 4.78 is 0. The van der Waals surface area contributed by atoms with E-state index in [4.69, 9.17) is 0 Å². The van der Waals surface area contributed by atoms with E-state index in [1.54, 1.807) is 23.3 Å². The lowest BCUT2D eigenvalue weighted by Crippen LogP contribution is -2.41. The van der Waals surface area contributed by atoms with E-state index >= 15 is 0 Å². The van der Waals surface area contributed by atoms with E-state index < -0.39 is 0 Å². The van der Waals surface area contributed by atoms with Crippen LogP contribution in [-0.2, 0) is 16.1 Å². The zero-order valence-electron chi connectivity index (χ0n) is 9.81. The second-order valence-corrected chi connectivity index (χ2v) is 5.13. The first-order valence-electron chi connectivity index (χ1n) is 5.69. The molecule has 0 aliphatic carbocycles. The molecule has 0 saturated carbocycles. The molecule has 1 atom stereocenters. The molecule has 1 fully saturated rings. The summed E-state index contributed by atoms with van der Waals surface area (Å²) in [7, 11) is 1.78. The minimum absolute atomic E-state index is 0.00218. The smallest absolute Gasteiger partial charge is 0.223 e. The maximum absolute atomic E-state index is 11.9. The van der Waals surface area contributed by atoms with Gasteiger partial charge in [-0.3, -0.25) is 9.59 Å². The molecule has 17 heavy (non-hydrogen) atoms. The van der Waals surface area contributed by atoms with Gasteiger partial charge in [0.15, 0.2) is 0 Å². The Balaban J connectivity index is 1.82. The van der Waals surface area contributed by atoms with Gasteiger partial charge < -0.3 is 10.2 Å². The van der Waals surface area contributed by atoms with Gasteiger partial charge in [-0.25, -0.2) is 0 Å². The van der Waals surface area contributed by atoms with Gasteiger partial charge in [0.25, 0.3) is 0 Å². The van der Waals surface area contributed by atoms with Gasteiger partial charge in [0.2, 0.25) is 11.8 Å². The fourth-order valence-corrected chi connectivity index (χ4v) is 2.56. The molecule has 1 aliphatic heterocycles. The van der Waals surface area contributed by atoms with E-state index in [0.29, 0.717) is 19.5 Å². The predicted octanol–water partition coefficient (Wildman–Crippen LogP) is 1.23. The highest BCUT2D eigenvalue weighted by molar-refractivity contribution is 7.07. The molecule has 92 valence electrons. The highest BCUT2D eigenvalue weighted by atomic mass is 32.1. The molecular formula is C12H16N2O2S. The van der Waals surface area contributed by atoms with Crippen molar-refractivity contribution in [2.75, 3.05) is 13.6 Å². The minimum Gasteiger partial charge on any atom is -0.352 e. The van der Waals surface area contributed by atoms with Crippen molar-refractivity contribution in [1.82, 2.24) is 10.2 Å². The summed E-state index contributed by atoms with van der Waals surface area (Å²) in [5.74, 6) is -0.0954. The van der Waals surface area contributed by atoms with Crippen LogP contribution in [0.3, 0.4) is 0 Å². The van der Waals surface area contributed by atoms with Gasteiger partial charge in [-0.1, -0.05) is 0 Å². The second-order valence-electron chi connectivity index (χ2n) is 4.35. The summed E-state index contributed by atoms with van der Waals surface area (Å²) in [4.78, 5) is 25.0. The summed E-state index contributed by atoms with van der Waals surface area (Å²) in [5, 5.41) is 6.89. The van der Waals surface area contributed by atoms with E-state index in [-0.39, 0.29) is 17.7 Å². The van der Waals surface area contributed by atoms with Crippen LogP contribution in [0.25, 0.3) is 0 Å². The Hall–Kier alpha value is -1.36. The number of thiophene rings is 1. The molecule has 0 bridgehead atoms. The standard InChI is InChI=1S/C12H16N2O2S/c1-14-4-2-10(6-11(14)15)12(16)13-7-9-3-5-17-8-9/h3,5,8,10H,2,4,6-7H2,1H3,(H,13,16). The van der Waals surface area contributed by atoms with Crippen molar-refractivity contribution in [3.8, 4) is 0 Å². The van der Waals surface area contributed by atoms with E-state index in [2.05, 4.69) is 5.32 Å². The molecule has 0 aromatic carbocycles. The molecular weight excluding hydrogens is 236 g/mol. The lowest BCUT2D eigenvalue weighted by molar-refractivity contribution is -0.139. The monoisotopic (exact) mass is 252 g/mol. The minimum atomic E-state index is -0.155. The van der Waals surface area contributed by atoms with E-state index in [1.807, 2.05) is 16.8 Å². The number of hydrogen-bond acceptors (Lipinski definition) is 3. The van der Waals surface area contributed by atoms with Gasteiger partial charge in [0.1, 0.15) is 0 Å². The Kier molecular flexibility index (Phi) is 3.78. The zero-order valence-corrected chi connectivity index (χ0v) is 10.6. The number of rotatable bonds is 3. The number of amides is 2. The van der Waals surface area contributed by atoms with Crippen molar-refractivity contribution in [3.63, 3.8) is 0 Å². The van der Waals surface area contributed by atoms with Crippen LogP contribution in [0.15, 0.2) is 16.8 Å². The lowest BCUT2D eigenvalue weighted by Gasteiger charge is -2.27.